The minimum Gasteiger partial charge on any atom is -0.493 e. The van der Waals surface area contributed by atoms with Gasteiger partial charge in [0, 0.05) is 57.2 Å². The highest BCUT2D eigenvalue weighted by Crippen LogP contribution is 2.28. The third-order valence-corrected chi connectivity index (χ3v) is 8.01. The van der Waals surface area contributed by atoms with E-state index in [2.05, 4.69) is 4.98 Å². The first-order valence-electron chi connectivity index (χ1n) is 13.7. The van der Waals surface area contributed by atoms with E-state index < -0.39 is 0 Å². The van der Waals surface area contributed by atoms with Crippen molar-refractivity contribution < 1.29 is 23.8 Å². The highest BCUT2D eigenvalue weighted by atomic mass is 35.5. The van der Waals surface area contributed by atoms with Gasteiger partial charge in [0.2, 0.25) is 0 Å². The second-order valence-electron chi connectivity index (χ2n) is 9.66. The van der Waals surface area contributed by atoms with Crippen LogP contribution in [0.5, 0.6) is 11.5 Å². The number of hydrogen-bond donors (Lipinski definition) is 0. The fourth-order valence-electron chi connectivity index (χ4n) is 4.47. The van der Waals surface area contributed by atoms with E-state index in [4.69, 9.17) is 30.8 Å². The summed E-state index contributed by atoms with van der Waals surface area (Å²) in [5.74, 6) is 2.72. The van der Waals surface area contributed by atoms with Crippen LogP contribution in [-0.4, -0.2) is 92.4 Å². The lowest BCUT2D eigenvalue weighted by Crippen LogP contribution is -2.50. The summed E-state index contributed by atoms with van der Waals surface area (Å²) in [6, 6.07) is 15.2. The van der Waals surface area contributed by atoms with Gasteiger partial charge in [-0.1, -0.05) is 41.6 Å². The summed E-state index contributed by atoms with van der Waals surface area (Å²) in [4.78, 5) is 39.4. The number of methoxy groups -OCH3 is 2. The molecule has 2 heterocycles. The van der Waals surface area contributed by atoms with E-state index in [0.717, 1.165) is 29.9 Å². The van der Waals surface area contributed by atoms with Gasteiger partial charge in [-0.3, -0.25) is 4.79 Å². The van der Waals surface area contributed by atoms with Gasteiger partial charge in [-0.15, -0.1) is 0 Å². The van der Waals surface area contributed by atoms with Crippen molar-refractivity contribution in [2.75, 3.05) is 65.5 Å². The maximum absolute atomic E-state index is 13.0. The Morgan fingerprint density at radius 3 is 2.26 bits per heavy atom. The van der Waals surface area contributed by atoms with Gasteiger partial charge in [0.15, 0.2) is 16.7 Å². The second kappa shape index (κ2) is 15.0. The Morgan fingerprint density at radius 1 is 0.929 bits per heavy atom. The van der Waals surface area contributed by atoms with Crippen molar-refractivity contribution >= 4 is 41.2 Å². The SMILES string of the molecule is CCOC(=O)N1CCN(C(=O)c2ccc(CSc3nc(Cl)cc(N(C)CCc4ccc(OC)c(OC)c4)n3)cc2)CC1. The van der Waals surface area contributed by atoms with Crippen LogP contribution >= 0.6 is 23.4 Å². The largest absolute Gasteiger partial charge is 0.493 e. The van der Waals surface area contributed by atoms with E-state index in [0.29, 0.717) is 65.9 Å². The number of aromatic nitrogens is 2. The maximum Gasteiger partial charge on any atom is 0.409 e. The average Bonchev–Trinajstić information content (AvgIpc) is 3.02. The molecule has 2 amide bonds. The molecule has 0 radical (unpaired) electrons. The topological polar surface area (TPSA) is 97.3 Å². The summed E-state index contributed by atoms with van der Waals surface area (Å²) in [5, 5.41) is 0.958. The second-order valence-corrected chi connectivity index (χ2v) is 11.0. The van der Waals surface area contributed by atoms with E-state index in [1.165, 1.54) is 11.8 Å². The first-order valence-corrected chi connectivity index (χ1v) is 15.1. The number of carbonyl (C=O) groups excluding carboxylic acids is 2. The third kappa shape index (κ3) is 8.19. The molecule has 10 nitrogen and oxygen atoms in total. The number of ether oxygens (including phenoxy) is 3. The van der Waals surface area contributed by atoms with Gasteiger partial charge in [0.1, 0.15) is 11.0 Å². The van der Waals surface area contributed by atoms with Crippen molar-refractivity contribution in [2.45, 2.75) is 24.3 Å². The molecule has 1 aliphatic heterocycles. The van der Waals surface area contributed by atoms with Crippen molar-refractivity contribution in [1.29, 1.82) is 0 Å². The molecule has 0 unspecified atom stereocenters. The Kier molecular flexibility index (Phi) is 11.1. The first kappa shape index (κ1) is 31.2. The van der Waals surface area contributed by atoms with Gasteiger partial charge in [-0.05, 0) is 48.7 Å². The van der Waals surface area contributed by atoms with E-state index >= 15 is 0 Å². The number of thioether (sulfide) groups is 1. The zero-order chi connectivity index (χ0) is 30.1. The molecule has 0 atom stereocenters. The average molecular weight is 614 g/mol. The lowest BCUT2D eigenvalue weighted by Gasteiger charge is -2.34. The molecule has 4 rings (SSSR count). The molecule has 1 fully saturated rings. The number of piperazine rings is 1. The molecule has 12 heteroatoms. The van der Waals surface area contributed by atoms with Crippen LogP contribution in [0.15, 0.2) is 53.7 Å². The molecular formula is C30H36ClN5O5S. The summed E-state index contributed by atoms with van der Waals surface area (Å²) in [7, 11) is 5.22. The molecule has 0 N–H and O–H groups in total. The minimum absolute atomic E-state index is 0.0448. The number of anilines is 1. The number of benzene rings is 2. The Morgan fingerprint density at radius 2 is 1.60 bits per heavy atom. The highest BCUT2D eigenvalue weighted by Gasteiger charge is 2.25. The molecule has 42 heavy (non-hydrogen) atoms. The van der Waals surface area contributed by atoms with Crippen LogP contribution in [0.2, 0.25) is 5.15 Å². The molecular weight excluding hydrogens is 578 g/mol. The Balaban J connectivity index is 1.30. The summed E-state index contributed by atoms with van der Waals surface area (Å²) in [5.41, 5.74) is 2.77. The predicted octanol–water partition coefficient (Wildman–Crippen LogP) is 5.03. The number of likely N-dealkylation sites (N-methyl/N-ethyl adjacent to an activating group) is 1. The van der Waals surface area contributed by atoms with Crippen molar-refractivity contribution in [1.82, 2.24) is 19.8 Å². The summed E-state index contributed by atoms with van der Waals surface area (Å²) < 4.78 is 15.8. The van der Waals surface area contributed by atoms with Gasteiger partial charge < -0.3 is 28.9 Å². The number of nitrogens with zero attached hydrogens (tertiary/aromatic N) is 5. The first-order chi connectivity index (χ1) is 20.3. The quantitative estimate of drug-likeness (QED) is 0.167. The van der Waals surface area contributed by atoms with Gasteiger partial charge in [-0.2, -0.15) is 0 Å². The minimum atomic E-state index is -0.330. The van der Waals surface area contributed by atoms with Crippen molar-refractivity contribution in [2.24, 2.45) is 0 Å². The van der Waals surface area contributed by atoms with Crippen LogP contribution in [-0.2, 0) is 16.9 Å². The standard InChI is InChI=1S/C30H36ClN5O5S/c1-5-41-30(38)36-16-14-35(15-17-36)28(37)23-9-6-22(7-10-23)20-42-29-32-26(31)19-27(33-29)34(2)13-12-21-8-11-24(39-3)25(18-21)40-4/h6-11,18-19H,5,12-17,20H2,1-4H3. The molecule has 0 bridgehead atoms. The molecule has 224 valence electrons. The fraction of sp³-hybridized carbons (Fsp3) is 0.400. The van der Waals surface area contributed by atoms with Crippen LogP contribution in [0.25, 0.3) is 0 Å². The van der Waals surface area contributed by atoms with Crippen molar-refractivity contribution in [3.63, 3.8) is 0 Å². The highest BCUT2D eigenvalue weighted by molar-refractivity contribution is 7.98. The van der Waals surface area contributed by atoms with Crippen LogP contribution in [0.1, 0.15) is 28.4 Å². The van der Waals surface area contributed by atoms with Gasteiger partial charge >= 0.3 is 6.09 Å². The zero-order valence-electron chi connectivity index (χ0n) is 24.3. The third-order valence-electron chi connectivity index (χ3n) is 6.90. The molecule has 3 aromatic rings. The van der Waals surface area contributed by atoms with Crippen molar-refractivity contribution in [3.05, 3.63) is 70.4 Å². The number of amides is 2. The van der Waals surface area contributed by atoms with Crippen LogP contribution in [0.3, 0.4) is 0 Å². The van der Waals surface area contributed by atoms with Crippen LogP contribution in [0.4, 0.5) is 10.6 Å². The van der Waals surface area contributed by atoms with E-state index in [1.807, 2.05) is 54.4 Å². The lowest BCUT2D eigenvalue weighted by atomic mass is 10.1. The molecule has 0 aliphatic carbocycles. The van der Waals surface area contributed by atoms with Crippen LogP contribution < -0.4 is 14.4 Å². The number of rotatable bonds is 11. The molecule has 1 saturated heterocycles. The smallest absolute Gasteiger partial charge is 0.409 e. The van der Waals surface area contributed by atoms with E-state index in [-0.39, 0.29) is 12.0 Å². The fourth-order valence-corrected chi connectivity index (χ4v) is 5.51. The lowest BCUT2D eigenvalue weighted by molar-refractivity contribution is 0.0570. The number of hydrogen-bond acceptors (Lipinski definition) is 9. The molecule has 2 aromatic carbocycles. The van der Waals surface area contributed by atoms with Crippen molar-refractivity contribution in [3.8, 4) is 11.5 Å². The number of carbonyl (C=O) groups is 2. The van der Waals surface area contributed by atoms with E-state index in [9.17, 15) is 9.59 Å². The molecule has 1 aromatic heterocycles. The summed E-state index contributed by atoms with van der Waals surface area (Å²) in [6.45, 7) is 4.73. The summed E-state index contributed by atoms with van der Waals surface area (Å²) >= 11 is 7.83. The molecule has 0 spiro atoms. The van der Waals surface area contributed by atoms with Crippen LogP contribution in [0, 0.1) is 0 Å². The molecule has 0 saturated carbocycles. The Bertz CT molecular complexity index is 1370. The van der Waals surface area contributed by atoms with E-state index in [1.54, 1.807) is 37.0 Å². The monoisotopic (exact) mass is 613 g/mol. The van der Waals surface area contributed by atoms with Gasteiger partial charge in [-0.25, -0.2) is 14.8 Å². The Labute approximate surface area is 255 Å². The normalized spacial score (nSPS) is 13.1. The zero-order valence-corrected chi connectivity index (χ0v) is 25.9. The number of halogens is 1. The molecule has 1 aliphatic rings. The maximum atomic E-state index is 13.0. The Hall–Kier alpha value is -3.70. The van der Waals surface area contributed by atoms with Gasteiger partial charge in [0.05, 0.1) is 20.8 Å². The van der Waals surface area contributed by atoms with Gasteiger partial charge in [0.25, 0.3) is 5.91 Å². The summed E-state index contributed by atoms with van der Waals surface area (Å²) in [6.07, 6.45) is 0.455. The predicted molar refractivity (Wildman–Crippen MR) is 164 cm³/mol.